The number of hydrogen-bond acceptors (Lipinski definition) is 13. The molecule has 0 N–H and O–H groups in total. The summed E-state index contributed by atoms with van der Waals surface area (Å²) in [6, 6.07) is 0. The van der Waals surface area contributed by atoms with E-state index in [-0.39, 0.29) is 91.7 Å². The Morgan fingerprint density at radius 3 is 0.759 bits per heavy atom. The van der Waals surface area contributed by atoms with Crippen molar-refractivity contribution in [2.45, 2.75) is 0 Å². The third-order valence-electron chi connectivity index (χ3n) is 3.56. The maximum Gasteiger partial charge on any atom is 0.293 e. The van der Waals surface area contributed by atoms with Crippen LogP contribution in [0.2, 0.25) is 0 Å². The van der Waals surface area contributed by atoms with Crippen LogP contribution in [0.3, 0.4) is 0 Å². The van der Waals surface area contributed by atoms with Crippen molar-refractivity contribution >= 4 is 38.8 Å². The summed E-state index contributed by atoms with van der Waals surface area (Å²) < 4.78 is 33.8. The first-order valence-corrected chi connectivity index (χ1v) is 7.97. The fraction of sp³-hybridized carbons (Fsp3) is 0.625. The monoisotopic (exact) mass is 422 g/mol. The number of hydrogen-bond donors (Lipinski definition) is 0. The molecular weight excluding hydrogens is 400 g/mol. The molecule has 0 saturated carbocycles. The van der Waals surface area contributed by atoms with Crippen molar-refractivity contribution in [2.24, 2.45) is 10.8 Å². The van der Waals surface area contributed by atoms with E-state index in [1.807, 2.05) is 0 Å². The molecule has 0 unspecified atom stereocenters. The molecule has 0 bridgehead atoms. The van der Waals surface area contributed by atoms with Crippen LogP contribution in [-0.2, 0) is 61.9 Å². The van der Waals surface area contributed by atoms with Crippen LogP contribution in [0.25, 0.3) is 0 Å². The SMILES string of the molecule is O=COCC(COC=O)(COC=O)COCC(COC=O)(COC=O)COC=O. The van der Waals surface area contributed by atoms with Crippen LogP contribution < -0.4 is 0 Å². The average Bonchev–Trinajstić information content (AvgIpc) is 2.75. The first kappa shape index (κ1) is 25.8. The Labute approximate surface area is 165 Å². The summed E-state index contributed by atoms with van der Waals surface area (Å²) >= 11 is 0. The topological polar surface area (TPSA) is 167 Å². The lowest BCUT2D eigenvalue weighted by Gasteiger charge is -2.34. The standard InChI is InChI=1S/C16H22O13/c17-9-24-3-15(4-25-10-18,5-26-11-19)1-23-2-16(6-27-12-20,7-28-13-21)8-29-14-22/h9-14H,1-8H2. The van der Waals surface area contributed by atoms with Gasteiger partial charge in [0.1, 0.15) is 39.6 Å². The number of carbonyl (C=O) groups is 6. The zero-order valence-corrected chi connectivity index (χ0v) is 15.4. The van der Waals surface area contributed by atoms with Gasteiger partial charge in [0.05, 0.1) is 24.0 Å². The van der Waals surface area contributed by atoms with Crippen molar-refractivity contribution < 1.29 is 61.9 Å². The Morgan fingerprint density at radius 2 is 0.586 bits per heavy atom. The highest BCUT2D eigenvalue weighted by molar-refractivity contribution is 5.39. The fourth-order valence-corrected chi connectivity index (χ4v) is 2.25. The molecule has 0 fully saturated rings. The van der Waals surface area contributed by atoms with Crippen molar-refractivity contribution in [1.29, 1.82) is 0 Å². The smallest absolute Gasteiger partial charge is 0.293 e. The number of carbonyl (C=O) groups excluding carboxylic acids is 6. The minimum Gasteiger partial charge on any atom is -0.467 e. The normalized spacial score (nSPS) is 10.8. The van der Waals surface area contributed by atoms with Crippen LogP contribution in [0.15, 0.2) is 0 Å². The molecule has 0 rings (SSSR count). The van der Waals surface area contributed by atoms with Crippen LogP contribution in [0.4, 0.5) is 0 Å². The summed E-state index contributed by atoms with van der Waals surface area (Å²) in [4.78, 5) is 63.3. The van der Waals surface area contributed by atoms with Gasteiger partial charge < -0.3 is 33.2 Å². The molecule has 0 aliphatic heterocycles. The van der Waals surface area contributed by atoms with Gasteiger partial charge in [-0.3, -0.25) is 28.8 Å². The van der Waals surface area contributed by atoms with E-state index in [1.165, 1.54) is 0 Å². The van der Waals surface area contributed by atoms with E-state index in [0.717, 1.165) is 0 Å². The van der Waals surface area contributed by atoms with Crippen molar-refractivity contribution in [3.63, 3.8) is 0 Å². The highest BCUT2D eigenvalue weighted by atomic mass is 16.6. The Balaban J connectivity index is 5.34. The second-order valence-corrected chi connectivity index (χ2v) is 5.94. The van der Waals surface area contributed by atoms with E-state index in [0.29, 0.717) is 0 Å². The summed E-state index contributed by atoms with van der Waals surface area (Å²) in [7, 11) is 0. The minimum atomic E-state index is -1.25. The predicted octanol–water partition coefficient (Wildman–Crippen LogP) is -1.99. The van der Waals surface area contributed by atoms with E-state index >= 15 is 0 Å². The van der Waals surface area contributed by atoms with Crippen molar-refractivity contribution in [3.05, 3.63) is 0 Å². The largest absolute Gasteiger partial charge is 0.467 e. The van der Waals surface area contributed by atoms with E-state index in [2.05, 4.69) is 0 Å². The first-order valence-electron chi connectivity index (χ1n) is 7.97. The van der Waals surface area contributed by atoms with Gasteiger partial charge in [-0.25, -0.2) is 0 Å². The van der Waals surface area contributed by atoms with Crippen molar-refractivity contribution in [2.75, 3.05) is 52.9 Å². The second-order valence-electron chi connectivity index (χ2n) is 5.94. The van der Waals surface area contributed by atoms with Gasteiger partial charge in [-0.15, -0.1) is 0 Å². The summed E-state index contributed by atoms with van der Waals surface area (Å²) in [5.41, 5.74) is -2.51. The average molecular weight is 422 g/mol. The molecular formula is C16H22O13. The molecule has 0 heterocycles. The molecule has 0 aromatic rings. The summed E-state index contributed by atoms with van der Waals surface area (Å²) in [6.45, 7) is -1.62. The number of ether oxygens (including phenoxy) is 7. The molecule has 0 spiro atoms. The molecule has 0 atom stereocenters. The van der Waals surface area contributed by atoms with Crippen molar-refractivity contribution in [3.8, 4) is 0 Å². The lowest BCUT2D eigenvalue weighted by atomic mass is 9.90. The molecule has 13 heteroatoms. The van der Waals surface area contributed by atoms with E-state index in [4.69, 9.17) is 33.2 Å². The first-order chi connectivity index (χ1) is 14.1. The second kappa shape index (κ2) is 15.8. The van der Waals surface area contributed by atoms with E-state index in [1.54, 1.807) is 0 Å². The molecule has 164 valence electrons. The van der Waals surface area contributed by atoms with Gasteiger partial charge in [0.2, 0.25) is 0 Å². The van der Waals surface area contributed by atoms with Gasteiger partial charge in [-0.2, -0.15) is 0 Å². The van der Waals surface area contributed by atoms with Crippen LogP contribution >= 0.6 is 0 Å². The van der Waals surface area contributed by atoms with Gasteiger partial charge >= 0.3 is 0 Å². The van der Waals surface area contributed by atoms with Crippen LogP contribution in [0.1, 0.15) is 0 Å². The van der Waals surface area contributed by atoms with Gasteiger partial charge in [-0.1, -0.05) is 0 Å². The lowest BCUT2D eigenvalue weighted by Crippen LogP contribution is -2.45. The zero-order valence-electron chi connectivity index (χ0n) is 15.4. The summed E-state index contributed by atoms with van der Waals surface area (Å²) in [5, 5.41) is 0. The molecule has 29 heavy (non-hydrogen) atoms. The van der Waals surface area contributed by atoms with E-state index in [9.17, 15) is 28.8 Å². The maximum atomic E-state index is 10.6. The molecule has 0 radical (unpaired) electrons. The Bertz CT molecular complexity index is 400. The molecule has 0 aromatic heterocycles. The number of rotatable bonds is 22. The van der Waals surface area contributed by atoms with Gasteiger partial charge in [0, 0.05) is 0 Å². The molecule has 0 aromatic carbocycles. The van der Waals surface area contributed by atoms with Crippen LogP contribution in [0, 0.1) is 10.8 Å². The summed E-state index contributed by atoms with van der Waals surface area (Å²) in [5.74, 6) is 0. The molecule has 0 amide bonds. The minimum absolute atomic E-state index is 0.147. The Morgan fingerprint density at radius 1 is 0.379 bits per heavy atom. The van der Waals surface area contributed by atoms with Crippen LogP contribution in [-0.4, -0.2) is 91.7 Å². The third kappa shape index (κ3) is 10.6. The summed E-state index contributed by atoms with van der Waals surface area (Å²) in [6.07, 6.45) is 0. The highest BCUT2D eigenvalue weighted by Crippen LogP contribution is 2.24. The third-order valence-corrected chi connectivity index (χ3v) is 3.56. The quantitative estimate of drug-likeness (QED) is 0.139. The predicted molar refractivity (Wildman–Crippen MR) is 87.8 cm³/mol. The fourth-order valence-electron chi connectivity index (χ4n) is 2.25. The Hall–Kier alpha value is -3.22. The van der Waals surface area contributed by atoms with Crippen LogP contribution in [0.5, 0.6) is 0 Å². The lowest BCUT2D eigenvalue weighted by molar-refractivity contribution is -0.160. The maximum absolute atomic E-state index is 10.6. The Kier molecular flexibility index (Phi) is 14.0. The molecule has 0 saturated heterocycles. The molecule has 13 nitrogen and oxygen atoms in total. The molecule has 0 aliphatic rings. The highest BCUT2D eigenvalue weighted by Gasteiger charge is 2.38. The van der Waals surface area contributed by atoms with Gasteiger partial charge in [0.25, 0.3) is 38.8 Å². The zero-order chi connectivity index (χ0) is 21.8. The van der Waals surface area contributed by atoms with Crippen molar-refractivity contribution in [1.82, 2.24) is 0 Å². The molecule has 0 aliphatic carbocycles. The van der Waals surface area contributed by atoms with E-state index < -0.39 is 10.8 Å². The van der Waals surface area contributed by atoms with Gasteiger partial charge in [-0.05, 0) is 0 Å². The van der Waals surface area contributed by atoms with Gasteiger partial charge in [0.15, 0.2) is 0 Å².